The zero-order chi connectivity index (χ0) is 13.0. The van der Waals surface area contributed by atoms with E-state index in [2.05, 4.69) is 20.3 Å². The molecular weight excluding hydrogens is 256 g/mol. The molecule has 1 aromatic rings. The predicted octanol–water partition coefficient (Wildman–Crippen LogP) is 1.76. The zero-order valence-electron chi connectivity index (χ0n) is 10.5. The molecule has 1 aliphatic rings. The largest absolute Gasteiger partial charge is 0.461 e. The van der Waals surface area contributed by atoms with Gasteiger partial charge in [0.05, 0.1) is 12.7 Å². The van der Waals surface area contributed by atoms with Gasteiger partial charge >= 0.3 is 6.01 Å². The summed E-state index contributed by atoms with van der Waals surface area (Å²) in [4.78, 5) is 12.1. The first-order valence-electron chi connectivity index (χ1n) is 6.03. The Balaban J connectivity index is 1.96. The van der Waals surface area contributed by atoms with Gasteiger partial charge in [-0.25, -0.2) is 0 Å². The molecule has 18 heavy (non-hydrogen) atoms. The minimum atomic E-state index is -0.000418. The number of hydrogen-bond donors (Lipinski definition) is 1. The van der Waals surface area contributed by atoms with Crippen molar-refractivity contribution >= 4 is 17.5 Å². The van der Waals surface area contributed by atoms with Crippen molar-refractivity contribution in [1.29, 1.82) is 0 Å². The fraction of sp³-hybridized carbons (Fsp3) is 0.727. The van der Waals surface area contributed by atoms with Crippen LogP contribution in [0.3, 0.4) is 0 Å². The molecule has 0 amide bonds. The van der Waals surface area contributed by atoms with Crippen molar-refractivity contribution in [2.24, 2.45) is 5.92 Å². The molecule has 0 spiro atoms. The Morgan fingerprint density at radius 3 is 2.94 bits per heavy atom. The first-order valence-corrected chi connectivity index (χ1v) is 6.41. The molecule has 2 rings (SSSR count). The summed E-state index contributed by atoms with van der Waals surface area (Å²) < 4.78 is 10.7. The van der Waals surface area contributed by atoms with Gasteiger partial charge in [-0.3, -0.25) is 0 Å². The van der Waals surface area contributed by atoms with E-state index in [1.165, 1.54) is 0 Å². The molecule has 7 heteroatoms. The second-order valence-corrected chi connectivity index (χ2v) is 4.83. The smallest absolute Gasteiger partial charge is 0.322 e. The standard InChI is InChI=1S/C11H17ClN4O2/c1-7(2)18-11-15-9(12)14-10(16-11)13-5-8-3-4-17-6-8/h7-8H,3-6H2,1-2H3,(H,13,14,15,16). The van der Waals surface area contributed by atoms with E-state index < -0.39 is 0 Å². The maximum Gasteiger partial charge on any atom is 0.322 e. The van der Waals surface area contributed by atoms with Crippen molar-refractivity contribution in [3.05, 3.63) is 5.28 Å². The molecule has 1 aliphatic heterocycles. The van der Waals surface area contributed by atoms with Crippen molar-refractivity contribution in [2.75, 3.05) is 25.1 Å². The van der Waals surface area contributed by atoms with E-state index in [4.69, 9.17) is 21.1 Å². The number of halogens is 1. The highest BCUT2D eigenvalue weighted by Gasteiger charge is 2.16. The average molecular weight is 273 g/mol. The number of nitrogens with one attached hydrogen (secondary N) is 1. The lowest BCUT2D eigenvalue weighted by Crippen LogP contribution is -2.17. The van der Waals surface area contributed by atoms with Crippen LogP contribution in [0, 0.1) is 5.92 Å². The van der Waals surface area contributed by atoms with E-state index >= 15 is 0 Å². The maximum atomic E-state index is 5.82. The summed E-state index contributed by atoms with van der Waals surface area (Å²) in [6.45, 7) is 6.18. The topological polar surface area (TPSA) is 69.2 Å². The van der Waals surface area contributed by atoms with Crippen LogP contribution in [0.5, 0.6) is 6.01 Å². The number of aromatic nitrogens is 3. The summed E-state index contributed by atoms with van der Waals surface area (Å²) in [6.07, 6.45) is 1.06. The third kappa shape index (κ3) is 3.96. The third-order valence-electron chi connectivity index (χ3n) is 2.50. The highest BCUT2D eigenvalue weighted by molar-refractivity contribution is 6.28. The number of nitrogens with zero attached hydrogens (tertiary/aromatic N) is 3. The van der Waals surface area contributed by atoms with E-state index in [1.807, 2.05) is 13.8 Å². The van der Waals surface area contributed by atoms with Crippen molar-refractivity contribution in [3.63, 3.8) is 0 Å². The summed E-state index contributed by atoms with van der Waals surface area (Å²) in [7, 11) is 0. The summed E-state index contributed by atoms with van der Waals surface area (Å²) in [5, 5.41) is 3.26. The van der Waals surface area contributed by atoms with Crippen molar-refractivity contribution in [3.8, 4) is 6.01 Å². The molecule has 1 N–H and O–H groups in total. The molecule has 0 aromatic carbocycles. The molecule has 1 unspecified atom stereocenters. The van der Waals surface area contributed by atoms with Gasteiger partial charge in [-0.05, 0) is 31.9 Å². The molecular formula is C11H17ClN4O2. The molecule has 0 radical (unpaired) electrons. The maximum absolute atomic E-state index is 5.82. The van der Waals surface area contributed by atoms with Gasteiger partial charge in [-0.2, -0.15) is 15.0 Å². The van der Waals surface area contributed by atoms with Crippen molar-refractivity contribution < 1.29 is 9.47 Å². The van der Waals surface area contributed by atoms with Crippen LogP contribution in [0.1, 0.15) is 20.3 Å². The molecule has 1 aromatic heterocycles. The number of anilines is 1. The van der Waals surface area contributed by atoms with Gasteiger partial charge in [0, 0.05) is 19.1 Å². The average Bonchev–Trinajstić information content (AvgIpc) is 2.77. The SMILES string of the molecule is CC(C)Oc1nc(Cl)nc(NCC2CCOC2)n1. The molecule has 0 saturated carbocycles. The van der Waals surface area contributed by atoms with Crippen LogP contribution in [-0.4, -0.2) is 40.8 Å². The van der Waals surface area contributed by atoms with E-state index in [0.717, 1.165) is 26.2 Å². The Bertz CT molecular complexity index is 397. The molecule has 6 nitrogen and oxygen atoms in total. The van der Waals surface area contributed by atoms with Gasteiger partial charge < -0.3 is 14.8 Å². The Morgan fingerprint density at radius 1 is 1.44 bits per heavy atom. The highest BCUT2D eigenvalue weighted by Crippen LogP contribution is 2.15. The van der Waals surface area contributed by atoms with Crippen LogP contribution in [0.15, 0.2) is 0 Å². The van der Waals surface area contributed by atoms with Gasteiger partial charge in [0.1, 0.15) is 0 Å². The van der Waals surface area contributed by atoms with Gasteiger partial charge in [0.2, 0.25) is 11.2 Å². The fourth-order valence-corrected chi connectivity index (χ4v) is 1.81. The minimum Gasteiger partial charge on any atom is -0.461 e. The fourth-order valence-electron chi connectivity index (χ4n) is 1.65. The lowest BCUT2D eigenvalue weighted by atomic mass is 10.1. The Kier molecular flexibility index (Phi) is 4.54. The number of ether oxygens (including phenoxy) is 2. The first-order chi connectivity index (χ1) is 8.63. The van der Waals surface area contributed by atoms with Gasteiger partial charge in [-0.15, -0.1) is 0 Å². The summed E-state index contributed by atoms with van der Waals surface area (Å²) in [6, 6.07) is 0.246. The summed E-state index contributed by atoms with van der Waals surface area (Å²) in [5.41, 5.74) is 0. The summed E-state index contributed by atoms with van der Waals surface area (Å²) >= 11 is 5.82. The lowest BCUT2D eigenvalue weighted by molar-refractivity contribution is 0.187. The molecule has 1 fully saturated rings. The minimum absolute atomic E-state index is 0.000418. The zero-order valence-corrected chi connectivity index (χ0v) is 11.3. The van der Waals surface area contributed by atoms with Crippen molar-refractivity contribution in [1.82, 2.24) is 15.0 Å². The first kappa shape index (κ1) is 13.3. The van der Waals surface area contributed by atoms with Crippen LogP contribution in [-0.2, 0) is 4.74 Å². The summed E-state index contributed by atoms with van der Waals surface area (Å²) in [5.74, 6) is 0.938. The molecule has 1 saturated heterocycles. The van der Waals surface area contributed by atoms with E-state index in [-0.39, 0.29) is 17.4 Å². The van der Waals surface area contributed by atoms with Gasteiger partial charge in [0.25, 0.3) is 0 Å². The molecule has 0 bridgehead atoms. The van der Waals surface area contributed by atoms with Crippen LogP contribution in [0.25, 0.3) is 0 Å². The number of rotatable bonds is 5. The van der Waals surface area contributed by atoms with Crippen LogP contribution < -0.4 is 10.1 Å². The monoisotopic (exact) mass is 272 g/mol. The highest BCUT2D eigenvalue weighted by atomic mass is 35.5. The third-order valence-corrected chi connectivity index (χ3v) is 2.67. The van der Waals surface area contributed by atoms with E-state index in [1.54, 1.807) is 0 Å². The van der Waals surface area contributed by atoms with Gasteiger partial charge in [-0.1, -0.05) is 0 Å². The van der Waals surface area contributed by atoms with Crippen molar-refractivity contribution in [2.45, 2.75) is 26.4 Å². The van der Waals surface area contributed by atoms with Crippen LogP contribution >= 0.6 is 11.6 Å². The molecule has 0 aliphatic carbocycles. The van der Waals surface area contributed by atoms with Crippen LogP contribution in [0.2, 0.25) is 5.28 Å². The second kappa shape index (κ2) is 6.15. The number of hydrogen-bond acceptors (Lipinski definition) is 6. The molecule has 100 valence electrons. The van der Waals surface area contributed by atoms with E-state index in [9.17, 15) is 0 Å². The quantitative estimate of drug-likeness (QED) is 0.881. The van der Waals surface area contributed by atoms with Crippen LogP contribution in [0.4, 0.5) is 5.95 Å². The normalized spacial score (nSPS) is 19.2. The Morgan fingerprint density at radius 2 is 2.28 bits per heavy atom. The Labute approximate surface area is 111 Å². The van der Waals surface area contributed by atoms with E-state index in [0.29, 0.717) is 11.9 Å². The molecule has 1 atom stereocenters. The Hall–Kier alpha value is -1.14. The lowest BCUT2D eigenvalue weighted by Gasteiger charge is -2.11. The second-order valence-electron chi connectivity index (χ2n) is 4.49. The molecule has 2 heterocycles. The predicted molar refractivity (Wildman–Crippen MR) is 68.0 cm³/mol. The van der Waals surface area contributed by atoms with Gasteiger partial charge in [0.15, 0.2) is 0 Å².